The van der Waals surface area contributed by atoms with Gasteiger partial charge in [0.25, 0.3) is 0 Å². The number of hydrogen-bond donors (Lipinski definition) is 1. The molecular formula is C15H24N2O4. The second-order valence-corrected chi connectivity index (χ2v) is 6.52. The first-order chi connectivity index (χ1) is 10.1. The maximum absolute atomic E-state index is 12.8. The standard InChI is InChI=1S/C15H24N2O4/c1-10-9-16(6-7-21-10)15(20)17-12-5-3-2-4-11(12)8-13(17)14(18)19/h10-13H,2-9H2,1H3,(H,18,19). The van der Waals surface area contributed by atoms with Crippen LogP contribution in [0.25, 0.3) is 0 Å². The fourth-order valence-corrected chi connectivity index (χ4v) is 4.11. The Bertz CT molecular complexity index is 428. The van der Waals surface area contributed by atoms with Gasteiger partial charge in [-0.3, -0.25) is 0 Å². The molecule has 3 rings (SSSR count). The van der Waals surface area contributed by atoms with Crippen molar-refractivity contribution in [1.82, 2.24) is 9.80 Å². The van der Waals surface area contributed by atoms with Crippen molar-refractivity contribution in [3.05, 3.63) is 0 Å². The van der Waals surface area contributed by atoms with Crippen molar-refractivity contribution in [2.45, 2.75) is 57.2 Å². The number of fused-ring (bicyclic) bond motifs is 1. The lowest BCUT2D eigenvalue weighted by molar-refractivity contribution is -0.141. The van der Waals surface area contributed by atoms with Crippen molar-refractivity contribution in [1.29, 1.82) is 0 Å². The number of hydrogen-bond acceptors (Lipinski definition) is 3. The van der Waals surface area contributed by atoms with Crippen molar-refractivity contribution in [3.8, 4) is 0 Å². The molecule has 2 aliphatic heterocycles. The summed E-state index contributed by atoms with van der Waals surface area (Å²) < 4.78 is 5.47. The Kier molecular flexibility index (Phi) is 4.06. The van der Waals surface area contributed by atoms with Crippen molar-refractivity contribution in [2.75, 3.05) is 19.7 Å². The highest BCUT2D eigenvalue weighted by atomic mass is 16.5. The first-order valence-corrected chi connectivity index (χ1v) is 7.99. The van der Waals surface area contributed by atoms with Gasteiger partial charge in [-0.15, -0.1) is 0 Å². The van der Waals surface area contributed by atoms with Crippen LogP contribution >= 0.6 is 0 Å². The van der Waals surface area contributed by atoms with Gasteiger partial charge < -0.3 is 19.6 Å². The number of carbonyl (C=O) groups is 2. The van der Waals surface area contributed by atoms with Gasteiger partial charge in [-0.1, -0.05) is 12.8 Å². The third-order valence-corrected chi connectivity index (χ3v) is 5.11. The van der Waals surface area contributed by atoms with Gasteiger partial charge in [0, 0.05) is 19.1 Å². The van der Waals surface area contributed by atoms with E-state index < -0.39 is 12.0 Å². The van der Waals surface area contributed by atoms with E-state index in [4.69, 9.17) is 4.74 Å². The molecule has 4 unspecified atom stereocenters. The van der Waals surface area contributed by atoms with Crippen LogP contribution in [0.2, 0.25) is 0 Å². The highest BCUT2D eigenvalue weighted by molar-refractivity contribution is 5.84. The molecule has 0 aromatic heterocycles. The monoisotopic (exact) mass is 296 g/mol. The number of carbonyl (C=O) groups excluding carboxylic acids is 1. The fraction of sp³-hybridized carbons (Fsp3) is 0.867. The molecule has 2 amide bonds. The molecule has 21 heavy (non-hydrogen) atoms. The van der Waals surface area contributed by atoms with Crippen LogP contribution in [0.5, 0.6) is 0 Å². The molecule has 2 heterocycles. The van der Waals surface area contributed by atoms with Gasteiger partial charge in [-0.2, -0.15) is 0 Å². The van der Waals surface area contributed by atoms with Crippen LogP contribution in [0.3, 0.4) is 0 Å². The van der Waals surface area contributed by atoms with Crippen LogP contribution in [0.1, 0.15) is 39.0 Å². The van der Waals surface area contributed by atoms with Gasteiger partial charge in [-0.05, 0) is 32.1 Å². The van der Waals surface area contributed by atoms with Crippen molar-refractivity contribution in [2.24, 2.45) is 5.92 Å². The number of urea groups is 1. The van der Waals surface area contributed by atoms with Crippen molar-refractivity contribution in [3.63, 3.8) is 0 Å². The maximum atomic E-state index is 12.8. The molecule has 0 radical (unpaired) electrons. The number of nitrogens with zero attached hydrogens (tertiary/aromatic N) is 2. The van der Waals surface area contributed by atoms with Gasteiger partial charge >= 0.3 is 12.0 Å². The largest absolute Gasteiger partial charge is 0.480 e. The Morgan fingerprint density at radius 1 is 1.24 bits per heavy atom. The predicted molar refractivity (Wildman–Crippen MR) is 76.0 cm³/mol. The molecule has 0 spiro atoms. The Balaban J connectivity index is 1.79. The summed E-state index contributed by atoms with van der Waals surface area (Å²) in [6.45, 7) is 3.59. The Labute approximate surface area is 125 Å². The summed E-state index contributed by atoms with van der Waals surface area (Å²) in [6.07, 6.45) is 4.89. The number of amides is 2. The molecule has 2 saturated heterocycles. The molecular weight excluding hydrogens is 272 g/mol. The van der Waals surface area contributed by atoms with Crippen LogP contribution in [0, 0.1) is 5.92 Å². The lowest BCUT2D eigenvalue weighted by atomic mass is 9.85. The zero-order valence-electron chi connectivity index (χ0n) is 12.5. The normalized spacial score (nSPS) is 36.4. The number of aliphatic carboxylic acids is 1. The Morgan fingerprint density at radius 3 is 2.71 bits per heavy atom. The van der Waals surface area contributed by atoms with Crippen LogP contribution < -0.4 is 0 Å². The minimum atomic E-state index is -0.862. The molecule has 4 atom stereocenters. The molecule has 3 fully saturated rings. The maximum Gasteiger partial charge on any atom is 0.326 e. The highest BCUT2D eigenvalue weighted by Gasteiger charge is 2.48. The topological polar surface area (TPSA) is 70.1 Å². The van der Waals surface area contributed by atoms with Crippen molar-refractivity contribution < 1.29 is 19.4 Å². The minimum Gasteiger partial charge on any atom is -0.480 e. The van der Waals surface area contributed by atoms with Gasteiger partial charge in [0.15, 0.2) is 0 Å². The zero-order valence-corrected chi connectivity index (χ0v) is 12.5. The smallest absolute Gasteiger partial charge is 0.326 e. The second-order valence-electron chi connectivity index (χ2n) is 6.52. The van der Waals surface area contributed by atoms with Crippen LogP contribution in [0.15, 0.2) is 0 Å². The molecule has 0 aromatic rings. The molecule has 6 nitrogen and oxygen atoms in total. The van der Waals surface area contributed by atoms with E-state index in [2.05, 4.69) is 0 Å². The van der Waals surface area contributed by atoms with E-state index in [0.29, 0.717) is 32.0 Å². The quantitative estimate of drug-likeness (QED) is 0.797. The zero-order chi connectivity index (χ0) is 15.0. The molecule has 118 valence electrons. The van der Waals surface area contributed by atoms with Crippen molar-refractivity contribution >= 4 is 12.0 Å². The van der Waals surface area contributed by atoms with Crippen LogP contribution in [-0.4, -0.2) is 64.8 Å². The SMILES string of the molecule is CC1CN(C(=O)N2C(C(=O)O)CC3CCCCC32)CCO1. The second kappa shape index (κ2) is 5.83. The number of carboxylic acid groups (broad SMARTS) is 1. The molecule has 0 bridgehead atoms. The van der Waals surface area contributed by atoms with Gasteiger partial charge in [-0.25, -0.2) is 9.59 Å². The number of morpholine rings is 1. The summed E-state index contributed by atoms with van der Waals surface area (Å²) in [5.74, 6) is -0.499. The molecule has 0 aromatic carbocycles. The first-order valence-electron chi connectivity index (χ1n) is 7.99. The third kappa shape index (κ3) is 2.73. The minimum absolute atomic E-state index is 0.0238. The lowest BCUT2D eigenvalue weighted by Crippen LogP contribution is -2.55. The molecule has 1 aliphatic carbocycles. The summed E-state index contributed by atoms with van der Waals surface area (Å²) in [5.41, 5.74) is 0. The van der Waals surface area contributed by atoms with E-state index in [1.807, 2.05) is 6.92 Å². The number of carboxylic acids is 1. The van der Waals surface area contributed by atoms with Gasteiger partial charge in [0.1, 0.15) is 6.04 Å². The van der Waals surface area contributed by atoms with Crippen LogP contribution in [-0.2, 0) is 9.53 Å². The molecule has 1 saturated carbocycles. The summed E-state index contributed by atoms with van der Waals surface area (Å²) in [7, 11) is 0. The molecule has 3 aliphatic rings. The summed E-state index contributed by atoms with van der Waals surface area (Å²) >= 11 is 0. The Hall–Kier alpha value is -1.30. The average molecular weight is 296 g/mol. The molecule has 1 N–H and O–H groups in total. The van der Waals surface area contributed by atoms with E-state index in [1.54, 1.807) is 9.80 Å². The third-order valence-electron chi connectivity index (χ3n) is 5.11. The average Bonchev–Trinajstić information content (AvgIpc) is 2.86. The van der Waals surface area contributed by atoms with E-state index in [1.165, 1.54) is 0 Å². The number of likely N-dealkylation sites (tertiary alicyclic amines) is 1. The highest BCUT2D eigenvalue weighted by Crippen LogP contribution is 2.40. The predicted octanol–water partition coefficient (Wildman–Crippen LogP) is 1.54. The lowest BCUT2D eigenvalue weighted by Gasteiger charge is -2.39. The summed E-state index contributed by atoms with van der Waals surface area (Å²) in [5, 5.41) is 9.49. The van der Waals surface area contributed by atoms with E-state index in [0.717, 1.165) is 25.7 Å². The van der Waals surface area contributed by atoms with Crippen LogP contribution in [0.4, 0.5) is 4.79 Å². The Morgan fingerprint density at radius 2 is 2.00 bits per heavy atom. The van der Waals surface area contributed by atoms with E-state index >= 15 is 0 Å². The van der Waals surface area contributed by atoms with E-state index in [-0.39, 0.29) is 18.2 Å². The van der Waals surface area contributed by atoms with Gasteiger partial charge in [0.2, 0.25) is 0 Å². The molecule has 6 heteroatoms. The first kappa shape index (κ1) is 14.6. The van der Waals surface area contributed by atoms with Gasteiger partial charge in [0.05, 0.1) is 12.7 Å². The number of ether oxygens (including phenoxy) is 1. The van der Waals surface area contributed by atoms with E-state index in [9.17, 15) is 14.7 Å². The summed E-state index contributed by atoms with van der Waals surface area (Å²) in [6, 6.07) is -0.638. The fourth-order valence-electron chi connectivity index (χ4n) is 4.11. The number of rotatable bonds is 1. The summed E-state index contributed by atoms with van der Waals surface area (Å²) in [4.78, 5) is 27.9.